The van der Waals surface area contributed by atoms with E-state index in [0.29, 0.717) is 10.6 Å². The van der Waals surface area contributed by atoms with Gasteiger partial charge in [-0.05, 0) is 50.5 Å². The van der Waals surface area contributed by atoms with Gasteiger partial charge in [0, 0.05) is 16.6 Å². The SMILES string of the molecule is Cc1cc(N)ccc1S(=O)C(C)C(=O)NC1CCCC1. The largest absolute Gasteiger partial charge is 0.399 e. The van der Waals surface area contributed by atoms with Crippen LogP contribution in [0.2, 0.25) is 0 Å². The van der Waals surface area contributed by atoms with E-state index in [2.05, 4.69) is 5.32 Å². The number of rotatable bonds is 4. The van der Waals surface area contributed by atoms with Crippen LogP contribution in [0.3, 0.4) is 0 Å². The molecule has 0 saturated heterocycles. The van der Waals surface area contributed by atoms with Gasteiger partial charge in [0.05, 0.1) is 10.8 Å². The molecule has 1 aliphatic rings. The van der Waals surface area contributed by atoms with E-state index >= 15 is 0 Å². The molecule has 3 N–H and O–H groups in total. The van der Waals surface area contributed by atoms with Crippen LogP contribution >= 0.6 is 0 Å². The van der Waals surface area contributed by atoms with Gasteiger partial charge in [0.1, 0.15) is 5.25 Å². The topological polar surface area (TPSA) is 72.2 Å². The van der Waals surface area contributed by atoms with Gasteiger partial charge in [0.15, 0.2) is 0 Å². The minimum absolute atomic E-state index is 0.119. The first-order valence-electron chi connectivity index (χ1n) is 7.06. The number of aryl methyl sites for hydroxylation is 1. The second kappa shape index (κ2) is 6.39. The minimum atomic E-state index is -1.35. The highest BCUT2D eigenvalue weighted by Crippen LogP contribution is 2.21. The molecule has 1 amide bonds. The summed E-state index contributed by atoms with van der Waals surface area (Å²) in [6.45, 7) is 3.58. The molecular formula is C15H22N2O2S. The van der Waals surface area contributed by atoms with E-state index in [1.54, 1.807) is 25.1 Å². The highest BCUT2D eigenvalue weighted by Gasteiger charge is 2.25. The maximum absolute atomic E-state index is 12.5. The normalized spacial score (nSPS) is 18.7. The lowest BCUT2D eigenvalue weighted by Crippen LogP contribution is -2.40. The van der Waals surface area contributed by atoms with Crippen LogP contribution in [-0.4, -0.2) is 21.4 Å². The van der Waals surface area contributed by atoms with E-state index in [0.717, 1.165) is 18.4 Å². The summed E-state index contributed by atoms with van der Waals surface area (Å²) < 4.78 is 12.5. The number of carbonyl (C=O) groups is 1. The number of nitrogen functional groups attached to an aromatic ring is 1. The Morgan fingerprint density at radius 3 is 2.65 bits per heavy atom. The van der Waals surface area contributed by atoms with Gasteiger partial charge < -0.3 is 11.1 Å². The Bertz CT molecular complexity index is 525. The van der Waals surface area contributed by atoms with E-state index in [1.165, 1.54) is 12.8 Å². The fraction of sp³-hybridized carbons (Fsp3) is 0.533. The third-order valence-corrected chi connectivity index (χ3v) is 5.56. The number of hydrogen-bond acceptors (Lipinski definition) is 3. The molecule has 0 bridgehead atoms. The van der Waals surface area contributed by atoms with Crippen molar-refractivity contribution < 1.29 is 9.00 Å². The van der Waals surface area contributed by atoms with Gasteiger partial charge in [-0.1, -0.05) is 12.8 Å². The van der Waals surface area contributed by atoms with Crippen molar-refractivity contribution >= 4 is 22.4 Å². The molecular weight excluding hydrogens is 272 g/mol. The van der Waals surface area contributed by atoms with Gasteiger partial charge in [0.25, 0.3) is 0 Å². The number of nitrogens with two attached hydrogens (primary N) is 1. The maximum atomic E-state index is 12.5. The fourth-order valence-electron chi connectivity index (χ4n) is 2.57. The van der Waals surface area contributed by atoms with Gasteiger partial charge in [-0.25, -0.2) is 0 Å². The van der Waals surface area contributed by atoms with Crippen molar-refractivity contribution in [3.05, 3.63) is 23.8 Å². The summed E-state index contributed by atoms with van der Waals surface area (Å²) in [5, 5.41) is 2.46. The van der Waals surface area contributed by atoms with Crippen molar-refractivity contribution in [3.63, 3.8) is 0 Å². The van der Waals surface area contributed by atoms with Crippen LogP contribution < -0.4 is 11.1 Å². The second-order valence-corrected chi connectivity index (χ2v) is 7.20. The van der Waals surface area contributed by atoms with Crippen LogP contribution in [-0.2, 0) is 15.6 Å². The molecule has 1 aliphatic carbocycles. The lowest BCUT2D eigenvalue weighted by Gasteiger charge is -2.17. The van der Waals surface area contributed by atoms with Crippen LogP contribution in [0.4, 0.5) is 5.69 Å². The molecule has 1 aromatic carbocycles. The second-order valence-electron chi connectivity index (χ2n) is 5.45. The lowest BCUT2D eigenvalue weighted by atomic mass is 10.2. The Kier molecular flexibility index (Phi) is 4.81. The Hall–Kier alpha value is -1.36. The number of amides is 1. The average Bonchev–Trinajstić information content (AvgIpc) is 2.90. The molecule has 0 heterocycles. The summed E-state index contributed by atoms with van der Waals surface area (Å²) in [5.74, 6) is -0.119. The van der Waals surface area contributed by atoms with E-state index in [4.69, 9.17) is 5.73 Å². The molecule has 5 heteroatoms. The first-order chi connectivity index (χ1) is 9.49. The summed E-state index contributed by atoms with van der Waals surface area (Å²) in [6.07, 6.45) is 4.40. The van der Waals surface area contributed by atoms with Gasteiger partial charge in [-0.15, -0.1) is 0 Å². The van der Waals surface area contributed by atoms with E-state index in [-0.39, 0.29) is 11.9 Å². The Morgan fingerprint density at radius 1 is 1.40 bits per heavy atom. The lowest BCUT2D eigenvalue weighted by molar-refractivity contribution is -0.121. The summed E-state index contributed by atoms with van der Waals surface area (Å²) >= 11 is 0. The molecule has 0 aromatic heterocycles. The average molecular weight is 294 g/mol. The predicted octanol–water partition coefficient (Wildman–Crippen LogP) is 2.13. The Labute approximate surface area is 122 Å². The molecule has 4 nitrogen and oxygen atoms in total. The zero-order valence-electron chi connectivity index (χ0n) is 12.0. The highest BCUT2D eigenvalue weighted by atomic mass is 32.2. The van der Waals surface area contributed by atoms with Gasteiger partial charge in [0.2, 0.25) is 5.91 Å². The van der Waals surface area contributed by atoms with E-state index in [1.807, 2.05) is 6.92 Å². The first kappa shape index (κ1) is 15.0. The number of hydrogen-bond donors (Lipinski definition) is 2. The quantitative estimate of drug-likeness (QED) is 0.836. The summed E-state index contributed by atoms with van der Waals surface area (Å²) in [7, 11) is -1.35. The molecule has 110 valence electrons. The molecule has 0 aliphatic heterocycles. The molecule has 1 aromatic rings. The Morgan fingerprint density at radius 2 is 2.05 bits per heavy atom. The molecule has 0 radical (unpaired) electrons. The van der Waals surface area contributed by atoms with Crippen LogP contribution in [0.25, 0.3) is 0 Å². The fourth-order valence-corrected chi connectivity index (χ4v) is 3.80. The maximum Gasteiger partial charge on any atom is 0.236 e. The number of nitrogens with one attached hydrogen (secondary N) is 1. The smallest absolute Gasteiger partial charge is 0.236 e. The van der Waals surface area contributed by atoms with Crippen molar-refractivity contribution in [2.75, 3.05) is 5.73 Å². The minimum Gasteiger partial charge on any atom is -0.399 e. The van der Waals surface area contributed by atoms with Crippen molar-refractivity contribution in [2.24, 2.45) is 0 Å². The van der Waals surface area contributed by atoms with Crippen LogP contribution in [0, 0.1) is 6.92 Å². The van der Waals surface area contributed by atoms with Crippen LogP contribution in [0.5, 0.6) is 0 Å². The number of anilines is 1. The molecule has 20 heavy (non-hydrogen) atoms. The molecule has 1 fully saturated rings. The predicted molar refractivity (Wildman–Crippen MR) is 81.9 cm³/mol. The molecule has 2 unspecified atom stereocenters. The summed E-state index contributed by atoms with van der Waals surface area (Å²) in [6, 6.07) is 5.52. The monoisotopic (exact) mass is 294 g/mol. The van der Waals surface area contributed by atoms with Crippen molar-refractivity contribution in [1.29, 1.82) is 0 Å². The van der Waals surface area contributed by atoms with Gasteiger partial charge in [-0.3, -0.25) is 9.00 Å². The molecule has 0 spiro atoms. The first-order valence-corrected chi connectivity index (χ1v) is 8.27. The Balaban J connectivity index is 2.05. The third kappa shape index (κ3) is 3.39. The number of benzene rings is 1. The van der Waals surface area contributed by atoms with Crippen molar-refractivity contribution in [3.8, 4) is 0 Å². The standard InChI is InChI=1S/C15H22N2O2S/c1-10-9-12(16)7-8-14(10)20(19)11(2)15(18)17-13-5-3-4-6-13/h7-9,11,13H,3-6,16H2,1-2H3,(H,17,18). The molecule has 2 rings (SSSR count). The molecule has 2 atom stereocenters. The summed E-state index contributed by atoms with van der Waals surface area (Å²) in [5.41, 5.74) is 7.20. The third-order valence-electron chi connectivity index (χ3n) is 3.81. The van der Waals surface area contributed by atoms with Crippen LogP contribution in [0.15, 0.2) is 23.1 Å². The van der Waals surface area contributed by atoms with Gasteiger partial charge in [-0.2, -0.15) is 0 Å². The number of carbonyl (C=O) groups excluding carboxylic acids is 1. The van der Waals surface area contributed by atoms with Crippen LogP contribution in [0.1, 0.15) is 38.2 Å². The molecule has 1 saturated carbocycles. The van der Waals surface area contributed by atoms with E-state index in [9.17, 15) is 9.00 Å². The zero-order chi connectivity index (χ0) is 14.7. The van der Waals surface area contributed by atoms with Gasteiger partial charge >= 0.3 is 0 Å². The zero-order valence-corrected chi connectivity index (χ0v) is 12.8. The van der Waals surface area contributed by atoms with Crippen molar-refractivity contribution in [2.45, 2.75) is 55.7 Å². The summed E-state index contributed by atoms with van der Waals surface area (Å²) in [4.78, 5) is 12.9. The highest BCUT2D eigenvalue weighted by molar-refractivity contribution is 7.86. The van der Waals surface area contributed by atoms with Crippen molar-refractivity contribution in [1.82, 2.24) is 5.32 Å². The van der Waals surface area contributed by atoms with E-state index < -0.39 is 16.0 Å².